The lowest BCUT2D eigenvalue weighted by Crippen LogP contribution is -2.29. The van der Waals surface area contributed by atoms with Gasteiger partial charge in [-0.2, -0.15) is 0 Å². The number of nitrogens with zero attached hydrogens (tertiary/aromatic N) is 1. The Kier molecular flexibility index (Phi) is 5.63. The highest BCUT2D eigenvalue weighted by Crippen LogP contribution is 2.25. The van der Waals surface area contributed by atoms with Crippen LogP contribution < -0.4 is 9.47 Å². The van der Waals surface area contributed by atoms with E-state index in [2.05, 4.69) is 0 Å². The van der Waals surface area contributed by atoms with E-state index in [9.17, 15) is 9.90 Å². The number of aliphatic hydroxyl groups is 1. The third-order valence-electron chi connectivity index (χ3n) is 2.87. The maximum Gasteiger partial charge on any atom is 0.257 e. The molecule has 0 aliphatic heterocycles. The Hall–Kier alpha value is -1.75. The van der Waals surface area contributed by atoms with Crippen LogP contribution in [0.1, 0.15) is 23.7 Å². The molecule has 106 valence electrons. The van der Waals surface area contributed by atoms with Crippen molar-refractivity contribution in [2.75, 3.05) is 27.8 Å². The molecule has 0 aromatic heterocycles. The number of carbonyl (C=O) groups is 1. The molecule has 0 aliphatic rings. The second-order valence-corrected chi connectivity index (χ2v) is 4.43. The van der Waals surface area contributed by atoms with Gasteiger partial charge in [-0.25, -0.2) is 0 Å². The van der Waals surface area contributed by atoms with Gasteiger partial charge in [-0.3, -0.25) is 4.79 Å². The predicted octanol–water partition coefficient (Wildman–Crippen LogP) is 1.55. The number of ether oxygens (including phenoxy) is 2. The summed E-state index contributed by atoms with van der Waals surface area (Å²) in [5, 5.41) is 9.25. The van der Waals surface area contributed by atoms with Gasteiger partial charge < -0.3 is 19.5 Å². The smallest absolute Gasteiger partial charge is 0.257 e. The summed E-state index contributed by atoms with van der Waals surface area (Å²) in [7, 11) is 4.77. The van der Waals surface area contributed by atoms with E-state index in [1.165, 1.54) is 7.11 Å². The number of amides is 1. The fourth-order valence-electron chi connectivity index (χ4n) is 1.67. The molecule has 1 N–H and O–H groups in total. The van der Waals surface area contributed by atoms with E-state index in [1.807, 2.05) is 0 Å². The molecule has 1 aromatic carbocycles. The van der Waals surface area contributed by atoms with Gasteiger partial charge in [0.1, 0.15) is 11.5 Å². The molecule has 0 radical (unpaired) electrons. The predicted molar refractivity (Wildman–Crippen MR) is 72.8 cm³/mol. The van der Waals surface area contributed by atoms with Crippen molar-refractivity contribution >= 4 is 5.91 Å². The Labute approximate surface area is 113 Å². The zero-order chi connectivity index (χ0) is 14.4. The van der Waals surface area contributed by atoms with Crippen molar-refractivity contribution in [2.45, 2.75) is 19.4 Å². The van der Waals surface area contributed by atoms with Gasteiger partial charge in [0.15, 0.2) is 0 Å². The van der Waals surface area contributed by atoms with Gasteiger partial charge in [-0.1, -0.05) is 0 Å². The standard InChI is InChI=1S/C14H21NO4/c1-10(16)7-8-15(2)14(17)12-9-11(18-3)5-6-13(12)19-4/h5-6,9-10,16H,7-8H2,1-4H3. The van der Waals surface area contributed by atoms with Crippen LogP contribution in [0.15, 0.2) is 18.2 Å². The summed E-state index contributed by atoms with van der Waals surface area (Å²) in [6.45, 7) is 2.18. The second kappa shape index (κ2) is 6.99. The van der Waals surface area contributed by atoms with Crippen molar-refractivity contribution in [3.8, 4) is 11.5 Å². The number of aliphatic hydroxyl groups excluding tert-OH is 1. The zero-order valence-corrected chi connectivity index (χ0v) is 11.8. The molecule has 1 rings (SSSR count). The van der Waals surface area contributed by atoms with Crippen LogP contribution in [0.3, 0.4) is 0 Å². The van der Waals surface area contributed by atoms with Crippen molar-refractivity contribution in [3.63, 3.8) is 0 Å². The molecule has 0 saturated heterocycles. The van der Waals surface area contributed by atoms with Gasteiger partial charge >= 0.3 is 0 Å². The molecule has 0 bridgehead atoms. The van der Waals surface area contributed by atoms with Gasteiger partial charge in [0, 0.05) is 13.6 Å². The van der Waals surface area contributed by atoms with E-state index in [-0.39, 0.29) is 5.91 Å². The fraction of sp³-hybridized carbons (Fsp3) is 0.500. The molecule has 0 saturated carbocycles. The zero-order valence-electron chi connectivity index (χ0n) is 11.8. The van der Waals surface area contributed by atoms with Crippen LogP contribution in [0, 0.1) is 0 Å². The summed E-state index contributed by atoms with van der Waals surface area (Å²) in [6.07, 6.45) is 0.108. The lowest BCUT2D eigenvalue weighted by Gasteiger charge is -2.19. The molecular formula is C14H21NO4. The molecule has 1 amide bonds. The topological polar surface area (TPSA) is 59.0 Å². The SMILES string of the molecule is COc1ccc(OC)c(C(=O)N(C)CCC(C)O)c1. The molecule has 0 aliphatic carbocycles. The molecule has 19 heavy (non-hydrogen) atoms. The largest absolute Gasteiger partial charge is 0.497 e. The van der Waals surface area contributed by atoms with Crippen molar-refractivity contribution in [2.24, 2.45) is 0 Å². The molecule has 1 unspecified atom stereocenters. The molecule has 5 nitrogen and oxygen atoms in total. The normalized spacial score (nSPS) is 11.8. The molecule has 1 atom stereocenters. The van der Waals surface area contributed by atoms with Gasteiger partial charge in [-0.15, -0.1) is 0 Å². The fourth-order valence-corrected chi connectivity index (χ4v) is 1.67. The van der Waals surface area contributed by atoms with Gasteiger partial charge in [-0.05, 0) is 31.5 Å². The summed E-state index contributed by atoms with van der Waals surface area (Å²) in [4.78, 5) is 13.9. The van der Waals surface area contributed by atoms with E-state index >= 15 is 0 Å². The van der Waals surface area contributed by atoms with Gasteiger partial charge in [0.25, 0.3) is 5.91 Å². The molecular weight excluding hydrogens is 246 g/mol. The highest BCUT2D eigenvalue weighted by atomic mass is 16.5. The van der Waals surface area contributed by atoms with E-state index in [0.717, 1.165) is 0 Å². The molecule has 1 aromatic rings. The summed E-state index contributed by atoms with van der Waals surface area (Å²) < 4.78 is 10.3. The minimum atomic E-state index is -0.428. The van der Waals surface area contributed by atoms with E-state index in [1.54, 1.807) is 44.2 Å². The maximum absolute atomic E-state index is 12.3. The summed E-state index contributed by atoms with van der Waals surface area (Å²) in [5.74, 6) is 0.958. The van der Waals surface area contributed by atoms with Crippen molar-refractivity contribution < 1.29 is 19.4 Å². The summed E-state index contributed by atoms with van der Waals surface area (Å²) >= 11 is 0. The van der Waals surface area contributed by atoms with Crippen molar-refractivity contribution in [1.82, 2.24) is 4.90 Å². The van der Waals surface area contributed by atoms with Crippen LogP contribution in [-0.2, 0) is 0 Å². The molecule has 5 heteroatoms. The first-order valence-corrected chi connectivity index (χ1v) is 6.15. The highest BCUT2D eigenvalue weighted by molar-refractivity contribution is 5.97. The third-order valence-corrected chi connectivity index (χ3v) is 2.87. The Bertz CT molecular complexity index is 431. The first-order chi connectivity index (χ1) is 8.99. The number of benzene rings is 1. The quantitative estimate of drug-likeness (QED) is 0.849. The molecule has 0 fully saturated rings. The average Bonchev–Trinajstić information content (AvgIpc) is 2.42. The van der Waals surface area contributed by atoms with E-state index < -0.39 is 6.10 Å². The molecule has 0 spiro atoms. The Morgan fingerprint density at radius 2 is 2.05 bits per heavy atom. The Morgan fingerprint density at radius 1 is 1.37 bits per heavy atom. The number of hydrogen-bond acceptors (Lipinski definition) is 4. The minimum Gasteiger partial charge on any atom is -0.497 e. The summed E-state index contributed by atoms with van der Waals surface area (Å²) in [6, 6.07) is 5.10. The van der Waals surface area contributed by atoms with Crippen molar-refractivity contribution in [3.05, 3.63) is 23.8 Å². The van der Waals surface area contributed by atoms with Crippen LogP contribution in [0.25, 0.3) is 0 Å². The lowest BCUT2D eigenvalue weighted by atomic mass is 10.1. The monoisotopic (exact) mass is 267 g/mol. The molecule has 0 heterocycles. The Morgan fingerprint density at radius 3 is 2.58 bits per heavy atom. The first kappa shape index (κ1) is 15.3. The lowest BCUT2D eigenvalue weighted by molar-refractivity contribution is 0.0765. The highest BCUT2D eigenvalue weighted by Gasteiger charge is 2.17. The van der Waals surface area contributed by atoms with Gasteiger partial charge in [0.05, 0.1) is 25.9 Å². The van der Waals surface area contributed by atoms with Crippen LogP contribution >= 0.6 is 0 Å². The number of methoxy groups -OCH3 is 2. The first-order valence-electron chi connectivity index (χ1n) is 6.15. The average molecular weight is 267 g/mol. The van der Waals surface area contributed by atoms with E-state index in [4.69, 9.17) is 9.47 Å². The van der Waals surface area contributed by atoms with Crippen LogP contribution in [0.5, 0.6) is 11.5 Å². The third kappa shape index (κ3) is 4.13. The van der Waals surface area contributed by atoms with Crippen LogP contribution in [0.2, 0.25) is 0 Å². The Balaban J connectivity index is 2.90. The van der Waals surface area contributed by atoms with Crippen LogP contribution in [-0.4, -0.2) is 49.8 Å². The van der Waals surface area contributed by atoms with E-state index in [0.29, 0.717) is 30.0 Å². The maximum atomic E-state index is 12.3. The minimum absolute atomic E-state index is 0.156. The number of hydrogen-bond donors (Lipinski definition) is 1. The second-order valence-electron chi connectivity index (χ2n) is 4.43. The summed E-state index contributed by atoms with van der Waals surface area (Å²) in [5.41, 5.74) is 0.454. The number of carbonyl (C=O) groups excluding carboxylic acids is 1. The van der Waals surface area contributed by atoms with Crippen LogP contribution in [0.4, 0.5) is 0 Å². The van der Waals surface area contributed by atoms with Crippen molar-refractivity contribution in [1.29, 1.82) is 0 Å². The number of rotatable bonds is 6. The van der Waals surface area contributed by atoms with Gasteiger partial charge in [0.2, 0.25) is 0 Å².